The summed E-state index contributed by atoms with van der Waals surface area (Å²) in [5, 5.41) is 1.16. The molecule has 0 aromatic heterocycles. The quantitative estimate of drug-likeness (QED) is 0.688. The van der Waals surface area contributed by atoms with E-state index >= 15 is 0 Å². The van der Waals surface area contributed by atoms with Gasteiger partial charge in [0.1, 0.15) is 0 Å². The molecule has 0 spiro atoms. The van der Waals surface area contributed by atoms with Gasteiger partial charge in [0.15, 0.2) is 0 Å². The van der Waals surface area contributed by atoms with Gasteiger partial charge in [0.25, 0.3) is 0 Å². The van der Waals surface area contributed by atoms with Crippen molar-refractivity contribution in [2.24, 2.45) is 5.92 Å². The second-order valence-electron chi connectivity index (χ2n) is 4.06. The first-order chi connectivity index (χ1) is 6.24. The second-order valence-corrected chi connectivity index (χ2v) is 4.71. The highest BCUT2D eigenvalue weighted by molar-refractivity contribution is 9.09. The topological polar surface area (TPSA) is 0 Å². The summed E-state index contributed by atoms with van der Waals surface area (Å²) in [7, 11) is 0. The molecular formula is C12H15Br. The molecule has 1 aliphatic rings. The van der Waals surface area contributed by atoms with Gasteiger partial charge in [-0.05, 0) is 48.8 Å². The molecule has 1 saturated carbocycles. The van der Waals surface area contributed by atoms with Gasteiger partial charge in [-0.25, -0.2) is 0 Å². The van der Waals surface area contributed by atoms with E-state index in [1.54, 1.807) is 5.56 Å². The van der Waals surface area contributed by atoms with Crippen molar-refractivity contribution >= 4 is 15.9 Å². The van der Waals surface area contributed by atoms with Crippen LogP contribution in [0.25, 0.3) is 0 Å². The fourth-order valence-electron chi connectivity index (χ4n) is 2.18. The lowest BCUT2D eigenvalue weighted by Gasteiger charge is -2.08. The Kier molecular flexibility index (Phi) is 2.46. The molecule has 1 aromatic rings. The van der Waals surface area contributed by atoms with Crippen molar-refractivity contribution in [1.29, 1.82) is 0 Å². The standard InChI is InChI=1S/C12H15Br/c1-8-4-3-5-9(2)12(8)11-6-10(11)7-13/h3-5,10-11H,6-7H2,1-2H3. The van der Waals surface area contributed by atoms with E-state index in [0.29, 0.717) is 0 Å². The first-order valence-electron chi connectivity index (χ1n) is 4.86. The van der Waals surface area contributed by atoms with E-state index in [9.17, 15) is 0 Å². The van der Waals surface area contributed by atoms with Gasteiger partial charge in [-0.15, -0.1) is 0 Å². The van der Waals surface area contributed by atoms with Gasteiger partial charge in [-0.1, -0.05) is 34.1 Å². The summed E-state index contributed by atoms with van der Waals surface area (Å²) in [5.74, 6) is 1.72. The zero-order valence-electron chi connectivity index (χ0n) is 8.18. The molecule has 13 heavy (non-hydrogen) atoms. The lowest BCUT2D eigenvalue weighted by molar-refractivity contribution is 0.921. The van der Waals surface area contributed by atoms with E-state index in [1.807, 2.05) is 0 Å². The molecule has 2 atom stereocenters. The Labute approximate surface area is 88.5 Å². The van der Waals surface area contributed by atoms with Crippen LogP contribution in [0.5, 0.6) is 0 Å². The number of alkyl halides is 1. The highest BCUT2D eigenvalue weighted by atomic mass is 79.9. The van der Waals surface area contributed by atoms with Crippen LogP contribution in [0.3, 0.4) is 0 Å². The molecule has 1 fully saturated rings. The Morgan fingerprint density at radius 3 is 2.38 bits per heavy atom. The summed E-state index contributed by atoms with van der Waals surface area (Å²) in [4.78, 5) is 0. The monoisotopic (exact) mass is 238 g/mol. The molecule has 1 aromatic carbocycles. The highest BCUT2D eigenvalue weighted by Gasteiger charge is 2.38. The average Bonchev–Trinajstić information content (AvgIpc) is 2.83. The molecule has 1 aliphatic carbocycles. The number of hydrogen-bond acceptors (Lipinski definition) is 0. The number of hydrogen-bond donors (Lipinski definition) is 0. The lowest BCUT2D eigenvalue weighted by Crippen LogP contribution is -1.92. The first kappa shape index (κ1) is 9.26. The minimum absolute atomic E-state index is 0.834. The Morgan fingerprint density at radius 1 is 1.31 bits per heavy atom. The van der Waals surface area contributed by atoms with Gasteiger partial charge in [-0.3, -0.25) is 0 Å². The van der Waals surface area contributed by atoms with Crippen molar-refractivity contribution in [3.8, 4) is 0 Å². The summed E-state index contributed by atoms with van der Waals surface area (Å²) >= 11 is 3.56. The molecule has 0 radical (unpaired) electrons. The Hall–Kier alpha value is -0.300. The van der Waals surface area contributed by atoms with Crippen LogP contribution in [-0.2, 0) is 0 Å². The molecule has 0 saturated heterocycles. The molecular weight excluding hydrogens is 224 g/mol. The van der Waals surface area contributed by atoms with Gasteiger partial charge in [0.05, 0.1) is 0 Å². The summed E-state index contributed by atoms with van der Waals surface area (Å²) in [5.41, 5.74) is 4.54. The molecule has 1 heteroatoms. The molecule has 2 unspecified atom stereocenters. The maximum Gasteiger partial charge on any atom is 0.00657 e. The van der Waals surface area contributed by atoms with Gasteiger partial charge in [0, 0.05) is 5.33 Å². The zero-order valence-corrected chi connectivity index (χ0v) is 9.76. The largest absolute Gasteiger partial charge is 0.0925 e. The van der Waals surface area contributed by atoms with E-state index in [0.717, 1.165) is 17.2 Å². The molecule has 0 heterocycles. The van der Waals surface area contributed by atoms with E-state index in [4.69, 9.17) is 0 Å². The summed E-state index contributed by atoms with van der Waals surface area (Å²) < 4.78 is 0. The van der Waals surface area contributed by atoms with Crippen molar-refractivity contribution in [2.45, 2.75) is 26.2 Å². The molecule has 70 valence electrons. The normalized spacial score (nSPS) is 26.1. The van der Waals surface area contributed by atoms with Crippen molar-refractivity contribution in [2.75, 3.05) is 5.33 Å². The summed E-state index contributed by atoms with van der Waals surface area (Å²) in [6.45, 7) is 4.46. The van der Waals surface area contributed by atoms with E-state index in [-0.39, 0.29) is 0 Å². The number of rotatable bonds is 2. The van der Waals surface area contributed by atoms with Crippen molar-refractivity contribution < 1.29 is 0 Å². The smallest absolute Gasteiger partial charge is 0.00657 e. The van der Waals surface area contributed by atoms with Crippen LogP contribution in [0.4, 0.5) is 0 Å². The Balaban J connectivity index is 2.30. The predicted molar refractivity (Wildman–Crippen MR) is 60.6 cm³/mol. The van der Waals surface area contributed by atoms with Crippen molar-refractivity contribution in [3.63, 3.8) is 0 Å². The Bertz CT molecular complexity index is 297. The number of aryl methyl sites for hydroxylation is 2. The fraction of sp³-hybridized carbons (Fsp3) is 0.500. The van der Waals surface area contributed by atoms with Gasteiger partial charge in [0.2, 0.25) is 0 Å². The number of benzene rings is 1. The zero-order chi connectivity index (χ0) is 9.42. The molecule has 0 nitrogen and oxygen atoms in total. The third-order valence-corrected chi connectivity index (χ3v) is 3.87. The number of halogens is 1. The average molecular weight is 239 g/mol. The van der Waals surface area contributed by atoms with Crippen LogP contribution in [0.2, 0.25) is 0 Å². The third-order valence-electron chi connectivity index (χ3n) is 3.03. The molecule has 0 aliphatic heterocycles. The maximum atomic E-state index is 3.56. The SMILES string of the molecule is Cc1cccc(C)c1C1CC1CBr. The van der Waals surface area contributed by atoms with Gasteiger partial charge < -0.3 is 0 Å². The predicted octanol–water partition coefficient (Wildman–Crippen LogP) is 3.80. The first-order valence-corrected chi connectivity index (χ1v) is 5.98. The minimum Gasteiger partial charge on any atom is -0.0925 e. The molecule has 0 amide bonds. The van der Waals surface area contributed by atoms with Gasteiger partial charge >= 0.3 is 0 Å². The van der Waals surface area contributed by atoms with Crippen LogP contribution in [0.1, 0.15) is 29.0 Å². The van der Waals surface area contributed by atoms with Crippen LogP contribution >= 0.6 is 15.9 Å². The lowest BCUT2D eigenvalue weighted by atomic mass is 9.98. The van der Waals surface area contributed by atoms with E-state index in [1.165, 1.54) is 17.5 Å². The van der Waals surface area contributed by atoms with Crippen LogP contribution in [-0.4, -0.2) is 5.33 Å². The van der Waals surface area contributed by atoms with Crippen LogP contribution in [0, 0.1) is 19.8 Å². The molecule has 0 bridgehead atoms. The third kappa shape index (κ3) is 1.67. The van der Waals surface area contributed by atoms with Crippen LogP contribution < -0.4 is 0 Å². The molecule has 2 rings (SSSR count). The van der Waals surface area contributed by atoms with Gasteiger partial charge in [-0.2, -0.15) is 0 Å². The van der Waals surface area contributed by atoms with E-state index in [2.05, 4.69) is 48.0 Å². The summed E-state index contributed by atoms with van der Waals surface area (Å²) in [6, 6.07) is 6.61. The van der Waals surface area contributed by atoms with Crippen molar-refractivity contribution in [3.05, 3.63) is 34.9 Å². The second kappa shape index (κ2) is 3.45. The maximum absolute atomic E-state index is 3.56. The summed E-state index contributed by atoms with van der Waals surface area (Å²) in [6.07, 6.45) is 1.37. The van der Waals surface area contributed by atoms with E-state index < -0.39 is 0 Å². The van der Waals surface area contributed by atoms with Crippen molar-refractivity contribution in [1.82, 2.24) is 0 Å². The van der Waals surface area contributed by atoms with Crippen LogP contribution in [0.15, 0.2) is 18.2 Å². The highest BCUT2D eigenvalue weighted by Crippen LogP contribution is 2.50. The Morgan fingerprint density at radius 2 is 1.92 bits per heavy atom. The molecule has 0 N–H and O–H groups in total. The minimum atomic E-state index is 0.834. The fourth-order valence-corrected chi connectivity index (χ4v) is 2.90.